The molecule has 0 spiro atoms. The minimum atomic E-state index is 0.331. The van der Waals surface area contributed by atoms with Gasteiger partial charge in [0.15, 0.2) is 0 Å². The van der Waals surface area contributed by atoms with Crippen LogP contribution in [0.25, 0.3) is 11.1 Å². The molecule has 0 radical (unpaired) electrons. The maximum absolute atomic E-state index is 6.36. The van der Waals surface area contributed by atoms with Crippen molar-refractivity contribution in [3.05, 3.63) is 52.0 Å². The number of hydrogen-bond donors (Lipinski definition) is 1. The second kappa shape index (κ2) is 7.17. The molecule has 4 heteroatoms. The molecule has 2 aromatic rings. The van der Waals surface area contributed by atoms with Gasteiger partial charge in [0.25, 0.3) is 0 Å². The van der Waals surface area contributed by atoms with Crippen LogP contribution in [0, 0.1) is 0 Å². The second-order valence-electron chi connectivity index (χ2n) is 4.84. The highest BCUT2D eigenvalue weighted by atomic mass is 35.5. The average molecular weight is 324 g/mol. The molecule has 21 heavy (non-hydrogen) atoms. The van der Waals surface area contributed by atoms with Gasteiger partial charge in [0.05, 0.1) is 17.2 Å². The zero-order valence-electron chi connectivity index (χ0n) is 12.4. The Balaban J connectivity index is 2.47. The van der Waals surface area contributed by atoms with E-state index in [0.29, 0.717) is 21.8 Å². The quantitative estimate of drug-likeness (QED) is 0.801. The van der Waals surface area contributed by atoms with Crippen LogP contribution >= 0.6 is 23.2 Å². The van der Waals surface area contributed by atoms with Gasteiger partial charge in [0, 0.05) is 17.7 Å². The normalized spacial score (nSPS) is 12.2. The first kappa shape index (κ1) is 16.2. The summed E-state index contributed by atoms with van der Waals surface area (Å²) in [6.07, 6.45) is 1.02. The van der Waals surface area contributed by atoms with E-state index in [-0.39, 0.29) is 0 Å². The van der Waals surface area contributed by atoms with Crippen LogP contribution in [0.15, 0.2) is 36.4 Å². The van der Waals surface area contributed by atoms with Crippen LogP contribution in [0.5, 0.6) is 5.75 Å². The Morgan fingerprint density at radius 3 is 2.52 bits per heavy atom. The van der Waals surface area contributed by atoms with E-state index in [4.69, 9.17) is 27.9 Å². The predicted molar refractivity (Wildman–Crippen MR) is 90.5 cm³/mol. The number of ether oxygens (including phenoxy) is 1. The van der Waals surface area contributed by atoms with Crippen molar-refractivity contribution < 1.29 is 4.74 Å². The van der Waals surface area contributed by atoms with Gasteiger partial charge in [0.1, 0.15) is 5.75 Å². The monoisotopic (exact) mass is 323 g/mol. The molecule has 0 aromatic heterocycles. The summed E-state index contributed by atoms with van der Waals surface area (Å²) >= 11 is 12.6. The number of hydrogen-bond acceptors (Lipinski definition) is 2. The molecule has 0 aliphatic rings. The summed E-state index contributed by atoms with van der Waals surface area (Å²) < 4.78 is 5.19. The van der Waals surface area contributed by atoms with Crippen molar-refractivity contribution in [2.45, 2.75) is 19.4 Å². The first-order valence-electron chi connectivity index (χ1n) is 6.91. The van der Waals surface area contributed by atoms with Crippen LogP contribution < -0.4 is 10.1 Å². The first-order valence-corrected chi connectivity index (χ1v) is 7.67. The molecule has 0 fully saturated rings. The van der Waals surface area contributed by atoms with E-state index in [0.717, 1.165) is 17.5 Å². The summed E-state index contributed by atoms with van der Waals surface area (Å²) in [5.74, 6) is 0.586. The molecule has 1 atom stereocenters. The van der Waals surface area contributed by atoms with Crippen LogP contribution in [0.4, 0.5) is 0 Å². The fraction of sp³-hybridized carbons (Fsp3) is 0.294. The van der Waals surface area contributed by atoms with Gasteiger partial charge < -0.3 is 10.1 Å². The van der Waals surface area contributed by atoms with Crippen LogP contribution in [0.1, 0.15) is 24.9 Å². The molecular weight excluding hydrogens is 305 g/mol. The summed E-state index contributed by atoms with van der Waals surface area (Å²) in [7, 11) is 3.55. The molecule has 0 saturated carbocycles. The fourth-order valence-corrected chi connectivity index (χ4v) is 2.94. The van der Waals surface area contributed by atoms with Crippen LogP contribution in [-0.4, -0.2) is 14.2 Å². The van der Waals surface area contributed by atoms with Gasteiger partial charge in [-0.3, -0.25) is 0 Å². The number of halogens is 2. The van der Waals surface area contributed by atoms with Gasteiger partial charge in [-0.1, -0.05) is 48.3 Å². The summed E-state index contributed by atoms with van der Waals surface area (Å²) in [6, 6.07) is 12.3. The topological polar surface area (TPSA) is 21.3 Å². The molecular formula is C17H19Cl2NO. The van der Waals surface area contributed by atoms with E-state index in [2.05, 4.69) is 24.4 Å². The van der Waals surface area contributed by atoms with E-state index < -0.39 is 0 Å². The van der Waals surface area contributed by atoms with Crippen molar-refractivity contribution in [2.75, 3.05) is 14.2 Å². The standard InChI is InChI=1S/C17H19Cl2NO/c1-4-16(20-2)12-7-5-6-11(8-12)13-9-15(19)17(21-3)10-14(13)18/h5-10,16,20H,4H2,1-3H3. The molecule has 0 saturated heterocycles. The largest absolute Gasteiger partial charge is 0.495 e. The van der Waals surface area contributed by atoms with Crippen molar-refractivity contribution in [1.29, 1.82) is 0 Å². The van der Waals surface area contributed by atoms with E-state index in [9.17, 15) is 0 Å². The first-order chi connectivity index (χ1) is 10.1. The van der Waals surface area contributed by atoms with Gasteiger partial charge in [0.2, 0.25) is 0 Å². The summed E-state index contributed by atoms with van der Waals surface area (Å²) in [6.45, 7) is 2.16. The number of benzene rings is 2. The molecule has 0 heterocycles. The van der Waals surface area contributed by atoms with E-state index in [1.807, 2.05) is 25.2 Å². The fourth-order valence-electron chi connectivity index (χ4n) is 2.44. The predicted octanol–water partition coefficient (Wildman–Crippen LogP) is 5.34. The molecule has 0 aliphatic heterocycles. The molecule has 0 amide bonds. The third-order valence-electron chi connectivity index (χ3n) is 3.60. The Morgan fingerprint density at radius 1 is 1.14 bits per heavy atom. The van der Waals surface area contributed by atoms with Gasteiger partial charge in [-0.15, -0.1) is 0 Å². The molecule has 2 aromatic carbocycles. The Labute approximate surface area is 136 Å². The SMILES string of the molecule is CCC(NC)c1cccc(-c2cc(Cl)c(OC)cc2Cl)c1. The van der Waals surface area contributed by atoms with Gasteiger partial charge >= 0.3 is 0 Å². The minimum absolute atomic E-state index is 0.331. The van der Waals surface area contributed by atoms with E-state index in [1.165, 1.54) is 5.56 Å². The Hall–Kier alpha value is -1.22. The van der Waals surface area contributed by atoms with Crippen molar-refractivity contribution >= 4 is 23.2 Å². The molecule has 2 nitrogen and oxygen atoms in total. The lowest BCUT2D eigenvalue weighted by Gasteiger charge is -2.16. The highest BCUT2D eigenvalue weighted by molar-refractivity contribution is 6.36. The molecule has 1 unspecified atom stereocenters. The summed E-state index contributed by atoms with van der Waals surface area (Å²) in [5, 5.41) is 4.50. The van der Waals surface area contributed by atoms with Gasteiger partial charge in [-0.2, -0.15) is 0 Å². The Bertz CT molecular complexity index is 624. The van der Waals surface area contributed by atoms with Crippen molar-refractivity contribution in [3.8, 4) is 16.9 Å². The number of rotatable bonds is 5. The molecule has 0 bridgehead atoms. The van der Waals surface area contributed by atoms with Crippen molar-refractivity contribution in [3.63, 3.8) is 0 Å². The molecule has 2 rings (SSSR count). The van der Waals surface area contributed by atoms with Crippen molar-refractivity contribution in [1.82, 2.24) is 5.32 Å². The third-order valence-corrected chi connectivity index (χ3v) is 4.21. The minimum Gasteiger partial charge on any atom is -0.495 e. The summed E-state index contributed by atoms with van der Waals surface area (Å²) in [4.78, 5) is 0. The maximum Gasteiger partial charge on any atom is 0.138 e. The highest BCUT2D eigenvalue weighted by Gasteiger charge is 2.12. The van der Waals surface area contributed by atoms with Crippen LogP contribution in [-0.2, 0) is 0 Å². The zero-order valence-corrected chi connectivity index (χ0v) is 13.9. The Kier molecular flexibility index (Phi) is 5.51. The molecule has 112 valence electrons. The zero-order chi connectivity index (χ0) is 15.4. The lowest BCUT2D eigenvalue weighted by Crippen LogP contribution is -2.15. The highest BCUT2D eigenvalue weighted by Crippen LogP contribution is 2.37. The maximum atomic E-state index is 6.36. The van der Waals surface area contributed by atoms with Crippen LogP contribution in [0.2, 0.25) is 10.0 Å². The van der Waals surface area contributed by atoms with Gasteiger partial charge in [-0.25, -0.2) is 0 Å². The second-order valence-corrected chi connectivity index (χ2v) is 5.66. The average Bonchev–Trinajstić information content (AvgIpc) is 2.50. The van der Waals surface area contributed by atoms with Crippen molar-refractivity contribution in [2.24, 2.45) is 0 Å². The smallest absolute Gasteiger partial charge is 0.138 e. The van der Waals surface area contributed by atoms with Crippen LogP contribution in [0.3, 0.4) is 0 Å². The number of nitrogens with one attached hydrogen (secondary N) is 1. The lowest BCUT2D eigenvalue weighted by atomic mass is 9.98. The molecule has 1 N–H and O–H groups in total. The number of methoxy groups -OCH3 is 1. The summed E-state index contributed by atoms with van der Waals surface area (Å²) in [5.41, 5.74) is 3.20. The lowest BCUT2D eigenvalue weighted by molar-refractivity contribution is 0.415. The van der Waals surface area contributed by atoms with Gasteiger partial charge in [-0.05, 0) is 36.7 Å². The molecule has 0 aliphatic carbocycles. The van der Waals surface area contributed by atoms with E-state index >= 15 is 0 Å². The Morgan fingerprint density at radius 2 is 1.90 bits per heavy atom. The van der Waals surface area contributed by atoms with E-state index in [1.54, 1.807) is 13.2 Å². The third kappa shape index (κ3) is 3.52.